The lowest BCUT2D eigenvalue weighted by Crippen LogP contribution is -2.34. The number of hydrogen-bond donors (Lipinski definition) is 2. The maximum atomic E-state index is 12.3. The summed E-state index contributed by atoms with van der Waals surface area (Å²) in [7, 11) is 0. The van der Waals surface area contributed by atoms with Gasteiger partial charge in [0.05, 0.1) is 11.1 Å². The molecule has 0 aromatic carbocycles. The lowest BCUT2D eigenvalue weighted by atomic mass is 10.1. The molecular formula is C17H25N3O2. The molecule has 0 unspecified atom stereocenters. The van der Waals surface area contributed by atoms with E-state index in [0.717, 1.165) is 19.3 Å². The molecule has 0 atom stereocenters. The van der Waals surface area contributed by atoms with E-state index in [1.807, 2.05) is 6.92 Å². The van der Waals surface area contributed by atoms with E-state index in [1.54, 1.807) is 6.07 Å². The van der Waals surface area contributed by atoms with Gasteiger partial charge in [-0.3, -0.25) is 14.6 Å². The third-order valence-corrected chi connectivity index (χ3v) is 3.99. The van der Waals surface area contributed by atoms with Crippen molar-refractivity contribution < 1.29 is 9.59 Å². The van der Waals surface area contributed by atoms with Gasteiger partial charge < -0.3 is 10.6 Å². The smallest absolute Gasteiger partial charge is 0.253 e. The molecule has 22 heavy (non-hydrogen) atoms. The quantitative estimate of drug-likeness (QED) is 0.822. The minimum Gasteiger partial charge on any atom is -0.352 e. The zero-order valence-corrected chi connectivity index (χ0v) is 13.2. The number of carbonyl (C=O) groups is 2. The minimum absolute atomic E-state index is 0.135. The summed E-state index contributed by atoms with van der Waals surface area (Å²) in [5, 5.41) is 5.87. The van der Waals surface area contributed by atoms with Crippen LogP contribution in [-0.4, -0.2) is 29.4 Å². The standard InChI is InChI=1S/C17H25N3O2/c1-2-9-19-16(21)13-10-14(12-18-11-13)17(22)20-15-7-5-3-4-6-8-15/h10-12,15H,2-9H2,1H3,(H,19,21)(H,20,22). The number of amides is 2. The Morgan fingerprint density at radius 3 is 2.36 bits per heavy atom. The van der Waals surface area contributed by atoms with Gasteiger partial charge in [0, 0.05) is 25.0 Å². The Bertz CT molecular complexity index is 508. The molecule has 120 valence electrons. The van der Waals surface area contributed by atoms with Gasteiger partial charge in [0.2, 0.25) is 0 Å². The van der Waals surface area contributed by atoms with Gasteiger partial charge in [0.25, 0.3) is 11.8 Å². The topological polar surface area (TPSA) is 71.1 Å². The van der Waals surface area contributed by atoms with Crippen molar-refractivity contribution in [3.63, 3.8) is 0 Å². The highest BCUT2D eigenvalue weighted by Crippen LogP contribution is 2.17. The van der Waals surface area contributed by atoms with Gasteiger partial charge in [-0.1, -0.05) is 32.6 Å². The first-order valence-electron chi connectivity index (χ1n) is 8.25. The Morgan fingerprint density at radius 2 is 1.73 bits per heavy atom. The molecule has 5 nitrogen and oxygen atoms in total. The van der Waals surface area contributed by atoms with Crippen LogP contribution in [0.3, 0.4) is 0 Å². The molecule has 1 aromatic heterocycles. The summed E-state index contributed by atoms with van der Waals surface area (Å²) in [4.78, 5) is 28.3. The summed E-state index contributed by atoms with van der Waals surface area (Å²) >= 11 is 0. The average molecular weight is 303 g/mol. The second-order valence-corrected chi connectivity index (χ2v) is 5.88. The van der Waals surface area contributed by atoms with E-state index in [2.05, 4.69) is 15.6 Å². The molecule has 1 heterocycles. The lowest BCUT2D eigenvalue weighted by molar-refractivity contribution is 0.0933. The van der Waals surface area contributed by atoms with Gasteiger partial charge in [-0.15, -0.1) is 0 Å². The van der Waals surface area contributed by atoms with Crippen molar-refractivity contribution in [1.29, 1.82) is 0 Å². The number of carbonyl (C=O) groups excluding carboxylic acids is 2. The summed E-state index contributed by atoms with van der Waals surface area (Å²) in [5.41, 5.74) is 0.885. The van der Waals surface area contributed by atoms with Crippen LogP contribution < -0.4 is 10.6 Å². The fourth-order valence-corrected chi connectivity index (χ4v) is 2.72. The average Bonchev–Trinajstić information content (AvgIpc) is 2.81. The Kier molecular flexibility index (Phi) is 6.37. The van der Waals surface area contributed by atoms with Gasteiger partial charge in [-0.05, 0) is 25.3 Å². The highest BCUT2D eigenvalue weighted by atomic mass is 16.2. The van der Waals surface area contributed by atoms with Crippen LogP contribution in [0.1, 0.15) is 72.6 Å². The zero-order chi connectivity index (χ0) is 15.8. The third kappa shape index (κ3) is 4.83. The summed E-state index contributed by atoms with van der Waals surface area (Å²) in [6, 6.07) is 1.86. The van der Waals surface area contributed by atoms with Crippen LogP contribution in [0.5, 0.6) is 0 Å². The Hall–Kier alpha value is -1.91. The van der Waals surface area contributed by atoms with E-state index in [1.165, 1.54) is 38.1 Å². The number of hydrogen-bond acceptors (Lipinski definition) is 3. The fourth-order valence-electron chi connectivity index (χ4n) is 2.72. The van der Waals surface area contributed by atoms with E-state index in [-0.39, 0.29) is 17.9 Å². The molecule has 1 aromatic rings. The van der Waals surface area contributed by atoms with Gasteiger partial charge in [-0.25, -0.2) is 0 Å². The van der Waals surface area contributed by atoms with Crippen LogP contribution in [0.25, 0.3) is 0 Å². The van der Waals surface area contributed by atoms with Crippen LogP contribution in [0.2, 0.25) is 0 Å². The zero-order valence-electron chi connectivity index (χ0n) is 13.2. The molecule has 1 saturated carbocycles. The molecule has 0 aliphatic heterocycles. The molecule has 5 heteroatoms. The molecule has 1 fully saturated rings. The molecule has 0 saturated heterocycles. The van der Waals surface area contributed by atoms with Crippen LogP contribution in [0, 0.1) is 0 Å². The number of rotatable bonds is 5. The van der Waals surface area contributed by atoms with Crippen molar-refractivity contribution in [2.24, 2.45) is 0 Å². The van der Waals surface area contributed by atoms with E-state index in [4.69, 9.17) is 0 Å². The first-order chi connectivity index (χ1) is 10.7. The van der Waals surface area contributed by atoms with Crippen molar-refractivity contribution in [3.8, 4) is 0 Å². The Morgan fingerprint density at radius 1 is 1.09 bits per heavy atom. The van der Waals surface area contributed by atoms with Crippen molar-refractivity contribution >= 4 is 11.8 Å². The molecule has 1 aliphatic carbocycles. The van der Waals surface area contributed by atoms with E-state index < -0.39 is 0 Å². The second kappa shape index (κ2) is 8.51. The first kappa shape index (κ1) is 16.5. The molecule has 0 spiro atoms. The molecule has 2 N–H and O–H groups in total. The van der Waals surface area contributed by atoms with Gasteiger partial charge >= 0.3 is 0 Å². The molecule has 2 rings (SSSR count). The normalized spacial score (nSPS) is 15.9. The maximum Gasteiger partial charge on any atom is 0.253 e. The highest BCUT2D eigenvalue weighted by Gasteiger charge is 2.17. The largest absolute Gasteiger partial charge is 0.352 e. The third-order valence-electron chi connectivity index (χ3n) is 3.99. The minimum atomic E-state index is -0.182. The van der Waals surface area contributed by atoms with Crippen LogP contribution in [0.4, 0.5) is 0 Å². The van der Waals surface area contributed by atoms with E-state index >= 15 is 0 Å². The summed E-state index contributed by atoms with van der Waals surface area (Å²) in [5.74, 6) is -0.317. The van der Waals surface area contributed by atoms with Gasteiger partial charge in [-0.2, -0.15) is 0 Å². The number of pyridine rings is 1. The second-order valence-electron chi connectivity index (χ2n) is 5.88. The molecule has 0 bridgehead atoms. The SMILES string of the molecule is CCCNC(=O)c1cncc(C(=O)NC2CCCCCC2)c1. The molecule has 2 amide bonds. The van der Waals surface area contributed by atoms with E-state index in [9.17, 15) is 9.59 Å². The molecular weight excluding hydrogens is 278 g/mol. The van der Waals surface area contributed by atoms with Crippen LogP contribution >= 0.6 is 0 Å². The van der Waals surface area contributed by atoms with Crippen molar-refractivity contribution in [2.75, 3.05) is 6.54 Å². The number of nitrogens with one attached hydrogen (secondary N) is 2. The van der Waals surface area contributed by atoms with Crippen LogP contribution in [0.15, 0.2) is 18.5 Å². The lowest BCUT2D eigenvalue weighted by Gasteiger charge is -2.16. The Labute approximate surface area is 131 Å². The number of aromatic nitrogens is 1. The van der Waals surface area contributed by atoms with Gasteiger partial charge in [0.15, 0.2) is 0 Å². The van der Waals surface area contributed by atoms with Crippen molar-refractivity contribution in [3.05, 3.63) is 29.6 Å². The fraction of sp³-hybridized carbons (Fsp3) is 0.588. The summed E-state index contributed by atoms with van der Waals surface area (Å²) in [6.45, 7) is 2.62. The van der Waals surface area contributed by atoms with Crippen molar-refractivity contribution in [2.45, 2.75) is 57.9 Å². The Balaban J connectivity index is 1.98. The summed E-state index contributed by atoms with van der Waals surface area (Å²) in [6.07, 6.45) is 10.8. The van der Waals surface area contributed by atoms with Crippen LogP contribution in [-0.2, 0) is 0 Å². The molecule has 1 aliphatic rings. The highest BCUT2D eigenvalue weighted by molar-refractivity contribution is 5.99. The molecule has 0 radical (unpaired) electrons. The first-order valence-corrected chi connectivity index (χ1v) is 8.25. The van der Waals surface area contributed by atoms with E-state index in [0.29, 0.717) is 17.7 Å². The predicted octanol–water partition coefficient (Wildman–Crippen LogP) is 2.67. The maximum absolute atomic E-state index is 12.3. The van der Waals surface area contributed by atoms with Gasteiger partial charge in [0.1, 0.15) is 0 Å². The monoisotopic (exact) mass is 303 g/mol. The summed E-state index contributed by atoms with van der Waals surface area (Å²) < 4.78 is 0. The number of nitrogens with zero attached hydrogens (tertiary/aromatic N) is 1. The predicted molar refractivity (Wildman–Crippen MR) is 85.8 cm³/mol. The van der Waals surface area contributed by atoms with Crippen molar-refractivity contribution in [1.82, 2.24) is 15.6 Å².